The molecule has 1 heterocycles. The van der Waals surface area contributed by atoms with Crippen molar-refractivity contribution in [3.63, 3.8) is 0 Å². The van der Waals surface area contributed by atoms with E-state index in [4.69, 9.17) is 9.47 Å². The first-order valence-corrected chi connectivity index (χ1v) is 12.2. The Hall–Kier alpha value is -1.31. The first kappa shape index (κ1) is 19.4. The number of hydrogen-bond donors (Lipinski definition) is 1. The van der Waals surface area contributed by atoms with E-state index >= 15 is 0 Å². The first-order valence-electron chi connectivity index (χ1n) is 12.2. The maximum absolute atomic E-state index is 11.2. The van der Waals surface area contributed by atoms with Gasteiger partial charge in [0.05, 0.1) is 24.9 Å². The summed E-state index contributed by atoms with van der Waals surface area (Å²) in [6, 6.07) is 2.41. The van der Waals surface area contributed by atoms with Gasteiger partial charge in [-0.3, -0.25) is 0 Å². The van der Waals surface area contributed by atoms with Crippen molar-refractivity contribution in [3.8, 4) is 6.07 Å². The smallest absolute Gasteiger partial charge is 0.174 e. The summed E-state index contributed by atoms with van der Waals surface area (Å²) < 4.78 is 12.6. The lowest BCUT2D eigenvalue weighted by Crippen LogP contribution is -2.56. The van der Waals surface area contributed by atoms with Crippen molar-refractivity contribution in [1.82, 2.24) is 0 Å². The van der Waals surface area contributed by atoms with E-state index in [9.17, 15) is 10.4 Å². The molecule has 4 fully saturated rings. The van der Waals surface area contributed by atoms with Gasteiger partial charge in [0.15, 0.2) is 5.79 Å². The lowest BCUT2D eigenvalue weighted by atomic mass is 9.44. The Morgan fingerprint density at radius 2 is 1.73 bits per heavy atom. The monoisotopic (exact) mass is 409 g/mol. The predicted octanol–water partition coefficient (Wildman–Crippen LogP) is 5.81. The predicted molar refractivity (Wildman–Crippen MR) is 113 cm³/mol. The molecule has 5 atom stereocenters. The molecule has 1 saturated heterocycles. The summed E-state index contributed by atoms with van der Waals surface area (Å²) in [5, 5.41) is 21.1. The number of nitriles is 1. The zero-order valence-electron chi connectivity index (χ0n) is 18.5. The Kier molecular flexibility index (Phi) is 3.97. The van der Waals surface area contributed by atoms with Gasteiger partial charge in [0.1, 0.15) is 5.76 Å². The third kappa shape index (κ3) is 2.10. The Labute approximate surface area is 180 Å². The molecule has 1 unspecified atom stereocenters. The summed E-state index contributed by atoms with van der Waals surface area (Å²) in [4.78, 5) is 0. The second-order valence-electron chi connectivity index (χ2n) is 11.5. The summed E-state index contributed by atoms with van der Waals surface area (Å²) in [6.07, 6.45) is 13.2. The SMILES string of the molecule is C[C@]12CC(C#N)=C(O)C3(CCCC3)C1=CCC1[C@@H]2CC[C@@]2(C)[C@H]1CCC21OCCO1. The van der Waals surface area contributed by atoms with Crippen LogP contribution in [0.1, 0.15) is 78.1 Å². The van der Waals surface area contributed by atoms with Crippen molar-refractivity contribution < 1.29 is 14.6 Å². The minimum absolute atomic E-state index is 0.000969. The van der Waals surface area contributed by atoms with Crippen LogP contribution in [-0.4, -0.2) is 24.1 Å². The highest BCUT2D eigenvalue weighted by molar-refractivity contribution is 5.46. The average molecular weight is 410 g/mol. The molecule has 3 saturated carbocycles. The Bertz CT molecular complexity index is 869. The fraction of sp³-hybridized carbons (Fsp3) is 0.808. The quantitative estimate of drug-likeness (QED) is 0.513. The van der Waals surface area contributed by atoms with E-state index in [0.29, 0.717) is 35.5 Å². The number of aliphatic hydroxyl groups is 1. The molecule has 0 aromatic rings. The molecule has 6 aliphatic rings. The summed E-state index contributed by atoms with van der Waals surface area (Å²) in [5.74, 6) is 1.89. The Morgan fingerprint density at radius 3 is 2.43 bits per heavy atom. The van der Waals surface area contributed by atoms with Crippen LogP contribution in [0.5, 0.6) is 0 Å². The maximum Gasteiger partial charge on any atom is 0.174 e. The number of fused-ring (bicyclic) bond motifs is 7. The van der Waals surface area contributed by atoms with Crippen molar-refractivity contribution in [2.75, 3.05) is 13.2 Å². The molecule has 4 heteroatoms. The van der Waals surface area contributed by atoms with Gasteiger partial charge in [0.25, 0.3) is 0 Å². The van der Waals surface area contributed by atoms with Gasteiger partial charge in [0, 0.05) is 17.3 Å². The normalized spacial score (nSPS) is 45.8. The second-order valence-corrected chi connectivity index (χ2v) is 11.5. The molecule has 0 radical (unpaired) electrons. The largest absolute Gasteiger partial charge is 0.510 e. The van der Waals surface area contributed by atoms with E-state index in [1.165, 1.54) is 18.4 Å². The van der Waals surface area contributed by atoms with Crippen LogP contribution in [0.4, 0.5) is 0 Å². The topological polar surface area (TPSA) is 62.5 Å². The maximum atomic E-state index is 11.2. The second kappa shape index (κ2) is 6.14. The van der Waals surface area contributed by atoms with Gasteiger partial charge in [-0.25, -0.2) is 0 Å². The third-order valence-electron chi connectivity index (χ3n) is 10.7. The number of nitrogens with zero attached hydrogens (tertiary/aromatic N) is 1. The molecule has 2 spiro atoms. The van der Waals surface area contributed by atoms with Gasteiger partial charge in [-0.1, -0.05) is 38.3 Å². The van der Waals surface area contributed by atoms with Crippen LogP contribution in [0.15, 0.2) is 23.0 Å². The van der Waals surface area contributed by atoms with Crippen LogP contribution in [-0.2, 0) is 9.47 Å². The van der Waals surface area contributed by atoms with Crippen LogP contribution in [0, 0.1) is 45.3 Å². The Balaban J connectivity index is 1.42. The van der Waals surface area contributed by atoms with Crippen LogP contribution in [0.3, 0.4) is 0 Å². The summed E-state index contributed by atoms with van der Waals surface area (Å²) in [5.41, 5.74) is 1.99. The van der Waals surface area contributed by atoms with E-state index in [2.05, 4.69) is 26.0 Å². The lowest BCUT2D eigenvalue weighted by molar-refractivity contribution is -0.242. The number of allylic oxidation sites excluding steroid dienone is 3. The van der Waals surface area contributed by atoms with Gasteiger partial charge in [0.2, 0.25) is 0 Å². The molecule has 0 amide bonds. The molecular formula is C26H35NO3. The van der Waals surface area contributed by atoms with Gasteiger partial charge >= 0.3 is 0 Å². The standard InChI is InChI=1S/C26H35NO3/c1-23-15-17(16-27)22(28)25(9-3-4-10-25)21(23)6-5-18-19(23)7-11-24(2)20(18)8-12-26(24)29-13-14-30-26/h6,18-20,28H,3-5,7-15H2,1-2H3/t18?,19-,20-,23+,24-/m0/s1. The van der Waals surface area contributed by atoms with Crippen LogP contribution >= 0.6 is 0 Å². The van der Waals surface area contributed by atoms with Crippen molar-refractivity contribution in [2.45, 2.75) is 83.8 Å². The molecule has 4 nitrogen and oxygen atoms in total. The molecule has 0 aromatic carbocycles. The van der Waals surface area contributed by atoms with E-state index in [0.717, 1.165) is 58.2 Å². The highest BCUT2D eigenvalue weighted by atomic mass is 16.7. The van der Waals surface area contributed by atoms with Gasteiger partial charge in [-0.2, -0.15) is 5.26 Å². The molecule has 162 valence electrons. The number of aliphatic hydroxyl groups excluding tert-OH is 1. The molecule has 6 rings (SSSR count). The van der Waals surface area contributed by atoms with Gasteiger partial charge in [-0.05, 0) is 68.1 Å². The molecule has 30 heavy (non-hydrogen) atoms. The van der Waals surface area contributed by atoms with Gasteiger partial charge < -0.3 is 14.6 Å². The number of rotatable bonds is 0. The summed E-state index contributed by atoms with van der Waals surface area (Å²) in [7, 11) is 0. The van der Waals surface area contributed by atoms with Crippen molar-refractivity contribution in [3.05, 3.63) is 23.0 Å². The van der Waals surface area contributed by atoms with E-state index < -0.39 is 0 Å². The number of hydrogen-bond acceptors (Lipinski definition) is 4. The molecule has 1 aliphatic heterocycles. The van der Waals surface area contributed by atoms with Crippen molar-refractivity contribution in [2.24, 2.45) is 34.0 Å². The fourth-order valence-corrected chi connectivity index (χ4v) is 9.39. The summed E-state index contributed by atoms with van der Waals surface area (Å²) in [6.45, 7) is 6.32. The minimum Gasteiger partial charge on any atom is -0.510 e. The fourth-order valence-electron chi connectivity index (χ4n) is 9.39. The molecular weight excluding hydrogens is 374 g/mol. The highest BCUT2D eigenvalue weighted by Crippen LogP contribution is 2.71. The average Bonchev–Trinajstić information content (AvgIpc) is 3.47. The molecule has 0 aromatic heterocycles. The highest BCUT2D eigenvalue weighted by Gasteiger charge is 2.68. The van der Waals surface area contributed by atoms with E-state index in [1.807, 2.05) is 0 Å². The number of ether oxygens (including phenoxy) is 2. The molecule has 5 aliphatic carbocycles. The van der Waals surface area contributed by atoms with Crippen LogP contribution in [0.2, 0.25) is 0 Å². The zero-order valence-corrected chi connectivity index (χ0v) is 18.5. The van der Waals surface area contributed by atoms with Crippen molar-refractivity contribution in [1.29, 1.82) is 5.26 Å². The van der Waals surface area contributed by atoms with Gasteiger partial charge in [-0.15, -0.1) is 0 Å². The molecule has 1 N–H and O–H groups in total. The third-order valence-corrected chi connectivity index (χ3v) is 10.7. The molecule has 0 bridgehead atoms. The first-order chi connectivity index (χ1) is 14.4. The zero-order chi connectivity index (χ0) is 20.8. The lowest BCUT2D eigenvalue weighted by Gasteiger charge is -2.60. The van der Waals surface area contributed by atoms with Crippen molar-refractivity contribution >= 4 is 0 Å². The van der Waals surface area contributed by atoms with Crippen LogP contribution < -0.4 is 0 Å². The minimum atomic E-state index is -0.358. The van der Waals surface area contributed by atoms with E-state index in [1.54, 1.807) is 0 Å². The van der Waals surface area contributed by atoms with E-state index in [-0.39, 0.29) is 22.0 Å². The van der Waals surface area contributed by atoms with Crippen LogP contribution in [0.25, 0.3) is 0 Å². The summed E-state index contributed by atoms with van der Waals surface area (Å²) >= 11 is 0. The Morgan fingerprint density at radius 1 is 1.03 bits per heavy atom.